The van der Waals surface area contributed by atoms with Gasteiger partial charge in [-0.3, -0.25) is 14.3 Å². The fourth-order valence-corrected chi connectivity index (χ4v) is 2.20. The number of carbonyl (C=O) groups is 2. The molecule has 110 valence electrons. The summed E-state index contributed by atoms with van der Waals surface area (Å²) in [5, 5.41) is 4.08. The van der Waals surface area contributed by atoms with E-state index in [4.69, 9.17) is 4.74 Å². The molecule has 2 unspecified atom stereocenters. The van der Waals surface area contributed by atoms with Crippen LogP contribution in [-0.2, 0) is 19.1 Å². The molecule has 0 bridgehead atoms. The fourth-order valence-electron chi connectivity index (χ4n) is 2.20. The van der Waals surface area contributed by atoms with Gasteiger partial charge in [0.05, 0.1) is 26.2 Å². The zero-order valence-electron chi connectivity index (χ0n) is 11.7. The van der Waals surface area contributed by atoms with Crippen LogP contribution in [0.2, 0.25) is 0 Å². The first-order valence-electron chi connectivity index (χ1n) is 6.58. The quantitative estimate of drug-likeness (QED) is 0.739. The van der Waals surface area contributed by atoms with Gasteiger partial charge in [0.25, 0.3) is 0 Å². The van der Waals surface area contributed by atoms with Gasteiger partial charge in [-0.2, -0.15) is 5.10 Å². The number of amides is 1. The molecule has 2 rings (SSSR count). The van der Waals surface area contributed by atoms with Crippen molar-refractivity contribution in [3.63, 3.8) is 0 Å². The van der Waals surface area contributed by atoms with Gasteiger partial charge in [0, 0.05) is 25.5 Å². The predicted molar refractivity (Wildman–Crippen MR) is 69.9 cm³/mol. The van der Waals surface area contributed by atoms with Gasteiger partial charge in [0.2, 0.25) is 5.91 Å². The lowest BCUT2D eigenvalue weighted by atomic mass is 10.2. The molecule has 20 heavy (non-hydrogen) atoms. The number of morpholine rings is 1. The number of esters is 1. The Labute approximate surface area is 117 Å². The van der Waals surface area contributed by atoms with Crippen LogP contribution >= 0.6 is 0 Å². The number of hydrogen-bond donors (Lipinski definition) is 0. The van der Waals surface area contributed by atoms with Crippen LogP contribution in [0.4, 0.5) is 0 Å². The van der Waals surface area contributed by atoms with Crippen molar-refractivity contribution in [3.8, 4) is 0 Å². The summed E-state index contributed by atoms with van der Waals surface area (Å²) in [6, 6.07) is 1.42. The van der Waals surface area contributed by atoms with Gasteiger partial charge in [-0.1, -0.05) is 0 Å². The van der Waals surface area contributed by atoms with Crippen molar-refractivity contribution in [3.05, 3.63) is 18.5 Å². The van der Waals surface area contributed by atoms with E-state index >= 15 is 0 Å². The molecule has 2 heterocycles. The van der Waals surface area contributed by atoms with Crippen molar-refractivity contribution in [2.75, 3.05) is 26.8 Å². The van der Waals surface area contributed by atoms with Gasteiger partial charge >= 0.3 is 5.97 Å². The lowest BCUT2D eigenvalue weighted by molar-refractivity contribution is -0.151. The number of aromatic nitrogens is 2. The number of nitrogens with zero attached hydrogens (tertiary/aromatic N) is 3. The Morgan fingerprint density at radius 3 is 3.00 bits per heavy atom. The highest BCUT2D eigenvalue weighted by Gasteiger charge is 2.29. The van der Waals surface area contributed by atoms with E-state index < -0.39 is 0 Å². The summed E-state index contributed by atoms with van der Waals surface area (Å²) >= 11 is 0. The maximum Gasteiger partial charge on any atom is 0.308 e. The van der Waals surface area contributed by atoms with Gasteiger partial charge in [0.1, 0.15) is 6.04 Å². The summed E-state index contributed by atoms with van der Waals surface area (Å²) < 4.78 is 11.7. The minimum Gasteiger partial charge on any atom is -0.469 e. The summed E-state index contributed by atoms with van der Waals surface area (Å²) in [5.74, 6) is -0.351. The van der Waals surface area contributed by atoms with Gasteiger partial charge in [-0.05, 0) is 13.0 Å². The minimum absolute atomic E-state index is 0.0214. The first kappa shape index (κ1) is 14.5. The first-order chi connectivity index (χ1) is 9.61. The summed E-state index contributed by atoms with van der Waals surface area (Å²) in [6.45, 7) is 3.17. The highest BCUT2D eigenvalue weighted by atomic mass is 16.5. The Bertz CT molecular complexity index is 460. The molecule has 0 spiro atoms. The molecule has 7 heteroatoms. The fraction of sp³-hybridized carbons (Fsp3) is 0.615. The van der Waals surface area contributed by atoms with Crippen LogP contribution in [0.5, 0.6) is 0 Å². The van der Waals surface area contributed by atoms with E-state index in [1.807, 2.05) is 0 Å². The van der Waals surface area contributed by atoms with E-state index in [0.29, 0.717) is 19.7 Å². The van der Waals surface area contributed by atoms with Crippen molar-refractivity contribution in [1.82, 2.24) is 14.7 Å². The summed E-state index contributed by atoms with van der Waals surface area (Å²) in [5.41, 5.74) is 0. The Kier molecular flexibility index (Phi) is 4.73. The number of carbonyl (C=O) groups excluding carboxylic acids is 2. The Balaban J connectivity index is 1.94. The largest absolute Gasteiger partial charge is 0.469 e. The van der Waals surface area contributed by atoms with Crippen LogP contribution in [0.25, 0.3) is 0 Å². The molecule has 7 nitrogen and oxygen atoms in total. The van der Waals surface area contributed by atoms with E-state index in [2.05, 4.69) is 9.84 Å². The van der Waals surface area contributed by atoms with Gasteiger partial charge in [-0.25, -0.2) is 0 Å². The van der Waals surface area contributed by atoms with Gasteiger partial charge in [0.15, 0.2) is 0 Å². The highest BCUT2D eigenvalue weighted by Crippen LogP contribution is 2.14. The van der Waals surface area contributed by atoms with Crippen molar-refractivity contribution in [1.29, 1.82) is 0 Å². The molecule has 2 atom stereocenters. The normalized spacial score (nSPS) is 20.5. The van der Waals surface area contributed by atoms with Crippen molar-refractivity contribution in [2.24, 2.45) is 0 Å². The van der Waals surface area contributed by atoms with E-state index in [-0.39, 0.29) is 30.4 Å². The van der Waals surface area contributed by atoms with Crippen molar-refractivity contribution >= 4 is 11.9 Å². The average molecular weight is 281 g/mol. The second kappa shape index (κ2) is 6.51. The standard InChI is InChI=1S/C13H19N3O4/c1-10(16-5-3-4-14-16)13(18)15-6-7-20-11(9-15)8-12(17)19-2/h3-5,10-11H,6-9H2,1-2H3. The summed E-state index contributed by atoms with van der Waals surface area (Å²) in [6.07, 6.45) is 3.26. The van der Waals surface area contributed by atoms with Crippen molar-refractivity contribution < 1.29 is 19.1 Å². The van der Waals surface area contributed by atoms with Gasteiger partial charge in [-0.15, -0.1) is 0 Å². The molecule has 1 amide bonds. The number of ether oxygens (including phenoxy) is 2. The number of rotatable bonds is 4. The molecule has 1 aliphatic rings. The van der Waals surface area contributed by atoms with Crippen LogP contribution in [-0.4, -0.2) is 59.5 Å². The van der Waals surface area contributed by atoms with E-state index in [0.717, 1.165) is 0 Å². The molecule has 0 aliphatic carbocycles. The van der Waals surface area contributed by atoms with Crippen LogP contribution < -0.4 is 0 Å². The molecule has 0 radical (unpaired) electrons. The van der Waals surface area contributed by atoms with Crippen LogP contribution in [0.1, 0.15) is 19.4 Å². The van der Waals surface area contributed by atoms with Crippen molar-refractivity contribution in [2.45, 2.75) is 25.5 Å². The molecule has 1 aliphatic heterocycles. The molecule has 1 aromatic rings. The lowest BCUT2D eigenvalue weighted by Gasteiger charge is -2.34. The molecule has 0 N–H and O–H groups in total. The molecule has 1 fully saturated rings. The summed E-state index contributed by atoms with van der Waals surface area (Å²) in [4.78, 5) is 25.4. The smallest absolute Gasteiger partial charge is 0.308 e. The van der Waals surface area contributed by atoms with E-state index in [1.54, 1.807) is 35.0 Å². The van der Waals surface area contributed by atoms with E-state index in [9.17, 15) is 9.59 Å². The molecule has 0 saturated carbocycles. The number of methoxy groups -OCH3 is 1. The summed E-state index contributed by atoms with van der Waals surface area (Å²) in [7, 11) is 1.34. The molecule has 1 saturated heterocycles. The Hall–Kier alpha value is -1.89. The minimum atomic E-state index is -0.359. The maximum atomic E-state index is 12.4. The monoisotopic (exact) mass is 281 g/mol. The van der Waals surface area contributed by atoms with Crippen LogP contribution in [0, 0.1) is 0 Å². The number of hydrogen-bond acceptors (Lipinski definition) is 5. The maximum absolute atomic E-state index is 12.4. The molecular formula is C13H19N3O4. The second-order valence-corrected chi connectivity index (χ2v) is 4.72. The second-order valence-electron chi connectivity index (χ2n) is 4.72. The Morgan fingerprint density at radius 1 is 1.55 bits per heavy atom. The third kappa shape index (κ3) is 3.36. The third-order valence-corrected chi connectivity index (χ3v) is 3.35. The highest BCUT2D eigenvalue weighted by molar-refractivity contribution is 5.80. The van der Waals surface area contributed by atoms with Gasteiger partial charge < -0.3 is 14.4 Å². The molecule has 0 aromatic carbocycles. The third-order valence-electron chi connectivity index (χ3n) is 3.35. The molecular weight excluding hydrogens is 262 g/mol. The Morgan fingerprint density at radius 2 is 2.35 bits per heavy atom. The first-order valence-corrected chi connectivity index (χ1v) is 6.58. The topological polar surface area (TPSA) is 73.7 Å². The lowest BCUT2D eigenvalue weighted by Crippen LogP contribution is -2.48. The molecule has 1 aromatic heterocycles. The van der Waals surface area contributed by atoms with E-state index in [1.165, 1.54) is 7.11 Å². The predicted octanol–water partition coefficient (Wildman–Crippen LogP) is 0.235. The SMILES string of the molecule is COC(=O)CC1CN(C(=O)C(C)n2cccn2)CCO1. The van der Waals surface area contributed by atoms with Crippen LogP contribution in [0.15, 0.2) is 18.5 Å². The zero-order chi connectivity index (χ0) is 14.5. The zero-order valence-corrected chi connectivity index (χ0v) is 11.7. The van der Waals surface area contributed by atoms with Crippen LogP contribution in [0.3, 0.4) is 0 Å². The average Bonchev–Trinajstić information content (AvgIpc) is 3.00.